The molecule has 0 spiro atoms. The molecule has 0 fully saturated rings. The van der Waals surface area contributed by atoms with Crippen molar-refractivity contribution in [1.29, 1.82) is 0 Å². The highest BCUT2D eigenvalue weighted by molar-refractivity contribution is 5.84. The normalized spacial score (nSPS) is 12.0. The van der Waals surface area contributed by atoms with Crippen LogP contribution in [0.15, 0.2) is 72.9 Å². The van der Waals surface area contributed by atoms with E-state index in [4.69, 9.17) is 9.47 Å². The van der Waals surface area contributed by atoms with Gasteiger partial charge in [0.2, 0.25) is 0 Å². The number of fused-ring (bicyclic) bond motifs is 1. The zero-order valence-corrected chi connectivity index (χ0v) is 16.3. The average molecular weight is 389 g/mol. The van der Waals surface area contributed by atoms with Crippen LogP contribution in [0.2, 0.25) is 0 Å². The highest BCUT2D eigenvalue weighted by Gasteiger charge is 2.16. The van der Waals surface area contributed by atoms with Gasteiger partial charge in [-0.15, -0.1) is 0 Å². The molecule has 1 heterocycles. The summed E-state index contributed by atoms with van der Waals surface area (Å²) in [6, 6.07) is 20.1. The Kier molecular flexibility index (Phi) is 5.38. The third-order valence-electron chi connectivity index (χ3n) is 4.87. The van der Waals surface area contributed by atoms with Gasteiger partial charge in [0.1, 0.15) is 17.3 Å². The van der Waals surface area contributed by atoms with E-state index in [1.54, 1.807) is 26.4 Å². The largest absolute Gasteiger partial charge is 0.497 e. The van der Waals surface area contributed by atoms with E-state index in [0.717, 1.165) is 27.7 Å². The summed E-state index contributed by atoms with van der Waals surface area (Å²) < 4.78 is 24.2. The fraction of sp³-hybridized carbons (Fsp3) is 0.125. The van der Waals surface area contributed by atoms with E-state index in [1.165, 1.54) is 12.1 Å². The molecule has 4 rings (SSSR count). The zero-order chi connectivity index (χ0) is 20.2. The molecular weight excluding hydrogens is 367 g/mol. The van der Waals surface area contributed by atoms with Gasteiger partial charge in [-0.3, -0.25) is 0 Å². The van der Waals surface area contributed by atoms with Crippen LogP contribution in [0.25, 0.3) is 10.9 Å². The number of rotatable bonds is 7. The highest BCUT2D eigenvalue weighted by atomic mass is 19.1. The first-order valence-corrected chi connectivity index (χ1v) is 9.32. The van der Waals surface area contributed by atoms with Crippen LogP contribution >= 0.6 is 0 Å². The standard InChI is InChI=1S/C24H22FN2O2/c1-28-20-12-19(13-21(14-20)29-2)27-24(16-7-9-18(25)10-8-16)11-17-15-26-23-6-4-3-5-22(17)23/h3-15,24,26-27H,1-2H3. The minimum atomic E-state index is -0.261. The molecule has 0 saturated heterocycles. The minimum absolute atomic E-state index is 0.188. The molecule has 0 saturated carbocycles. The van der Waals surface area contributed by atoms with Crippen molar-refractivity contribution >= 4 is 16.6 Å². The van der Waals surface area contributed by atoms with Gasteiger partial charge < -0.3 is 19.8 Å². The number of hydrogen-bond donors (Lipinski definition) is 2. The molecule has 147 valence electrons. The van der Waals surface area contributed by atoms with Gasteiger partial charge in [0, 0.05) is 47.4 Å². The van der Waals surface area contributed by atoms with Gasteiger partial charge in [-0.2, -0.15) is 0 Å². The van der Waals surface area contributed by atoms with Crippen LogP contribution in [-0.4, -0.2) is 19.2 Å². The van der Waals surface area contributed by atoms with E-state index in [-0.39, 0.29) is 11.9 Å². The molecule has 0 aliphatic rings. The summed E-state index contributed by atoms with van der Waals surface area (Å²) in [7, 11) is 3.24. The first kappa shape index (κ1) is 18.9. The number of H-pyrrole nitrogens is 1. The lowest BCUT2D eigenvalue weighted by Crippen LogP contribution is -2.12. The van der Waals surface area contributed by atoms with Gasteiger partial charge in [-0.05, 0) is 29.3 Å². The summed E-state index contributed by atoms with van der Waals surface area (Å²) in [5.74, 6) is 1.12. The molecule has 3 aromatic carbocycles. The number of hydrogen-bond acceptors (Lipinski definition) is 3. The van der Waals surface area contributed by atoms with Gasteiger partial charge in [0.05, 0.1) is 20.3 Å². The molecule has 0 bridgehead atoms. The highest BCUT2D eigenvalue weighted by Crippen LogP contribution is 2.32. The Balaban J connectivity index is 1.70. The maximum atomic E-state index is 13.5. The van der Waals surface area contributed by atoms with Gasteiger partial charge in [0.15, 0.2) is 0 Å². The number of ether oxygens (including phenoxy) is 2. The Labute approximate surface area is 169 Å². The molecule has 0 aliphatic carbocycles. The fourth-order valence-electron chi connectivity index (χ4n) is 3.37. The van der Waals surface area contributed by atoms with E-state index in [0.29, 0.717) is 11.5 Å². The van der Waals surface area contributed by atoms with Crippen molar-refractivity contribution in [1.82, 2.24) is 4.98 Å². The van der Waals surface area contributed by atoms with Crippen molar-refractivity contribution in [2.24, 2.45) is 0 Å². The van der Waals surface area contributed by atoms with E-state index >= 15 is 0 Å². The second kappa shape index (κ2) is 8.27. The molecule has 4 nitrogen and oxygen atoms in total. The van der Waals surface area contributed by atoms with Gasteiger partial charge in [-0.1, -0.05) is 30.3 Å². The molecule has 1 radical (unpaired) electrons. The van der Waals surface area contributed by atoms with Crippen LogP contribution in [0.3, 0.4) is 0 Å². The SMILES string of the molecule is COc1cc(NC([CH]c2c[nH]c3ccccc23)c2ccc(F)cc2)cc(OC)c1. The monoisotopic (exact) mass is 389 g/mol. The van der Waals surface area contributed by atoms with Gasteiger partial charge in [-0.25, -0.2) is 4.39 Å². The van der Waals surface area contributed by atoms with Crippen molar-refractivity contribution in [3.8, 4) is 11.5 Å². The van der Waals surface area contributed by atoms with Crippen molar-refractivity contribution in [2.75, 3.05) is 19.5 Å². The van der Waals surface area contributed by atoms with E-state index in [1.807, 2.05) is 42.6 Å². The number of halogens is 1. The lowest BCUT2D eigenvalue weighted by atomic mass is 9.98. The van der Waals surface area contributed by atoms with Crippen LogP contribution in [0.1, 0.15) is 17.2 Å². The summed E-state index contributed by atoms with van der Waals surface area (Å²) in [4.78, 5) is 3.30. The number of benzene rings is 3. The maximum absolute atomic E-state index is 13.5. The van der Waals surface area contributed by atoms with Gasteiger partial charge >= 0.3 is 0 Å². The molecule has 29 heavy (non-hydrogen) atoms. The number of aromatic nitrogens is 1. The van der Waals surface area contributed by atoms with Crippen LogP contribution in [0.5, 0.6) is 11.5 Å². The van der Waals surface area contributed by atoms with E-state index in [9.17, 15) is 4.39 Å². The Hall–Kier alpha value is -3.47. The molecule has 1 atom stereocenters. The van der Waals surface area contributed by atoms with E-state index in [2.05, 4.69) is 22.8 Å². The Morgan fingerprint density at radius 1 is 0.931 bits per heavy atom. The molecule has 1 unspecified atom stereocenters. The molecule has 0 aliphatic heterocycles. The number of nitrogens with one attached hydrogen (secondary N) is 2. The third kappa shape index (κ3) is 4.19. The summed E-state index contributed by atoms with van der Waals surface area (Å²) >= 11 is 0. The first-order chi connectivity index (χ1) is 14.2. The van der Waals surface area contributed by atoms with Crippen molar-refractivity contribution < 1.29 is 13.9 Å². The molecule has 4 aromatic rings. The third-order valence-corrected chi connectivity index (χ3v) is 4.87. The van der Waals surface area contributed by atoms with Crippen LogP contribution in [0.4, 0.5) is 10.1 Å². The summed E-state index contributed by atoms with van der Waals surface area (Å²) in [6.45, 7) is 0. The second-order valence-corrected chi connectivity index (χ2v) is 6.73. The van der Waals surface area contributed by atoms with Gasteiger partial charge in [0.25, 0.3) is 0 Å². The number of methoxy groups -OCH3 is 2. The quantitative estimate of drug-likeness (QED) is 0.424. The van der Waals surface area contributed by atoms with Crippen LogP contribution in [0, 0.1) is 12.2 Å². The van der Waals surface area contributed by atoms with Crippen molar-refractivity contribution in [3.05, 3.63) is 96.3 Å². The fourth-order valence-corrected chi connectivity index (χ4v) is 3.37. The number of aromatic amines is 1. The summed E-state index contributed by atoms with van der Waals surface area (Å²) in [6.07, 6.45) is 4.10. The summed E-state index contributed by atoms with van der Waals surface area (Å²) in [5.41, 5.74) is 3.92. The average Bonchev–Trinajstić information content (AvgIpc) is 3.16. The lowest BCUT2D eigenvalue weighted by Gasteiger charge is -2.21. The van der Waals surface area contributed by atoms with Crippen molar-refractivity contribution in [3.63, 3.8) is 0 Å². The number of anilines is 1. The zero-order valence-electron chi connectivity index (χ0n) is 16.3. The molecule has 0 amide bonds. The first-order valence-electron chi connectivity index (χ1n) is 9.32. The molecular formula is C24H22FN2O2. The summed E-state index contributed by atoms with van der Waals surface area (Å²) in [5, 5.41) is 4.64. The second-order valence-electron chi connectivity index (χ2n) is 6.73. The minimum Gasteiger partial charge on any atom is -0.497 e. The molecule has 1 aromatic heterocycles. The topological polar surface area (TPSA) is 46.3 Å². The van der Waals surface area contributed by atoms with Crippen molar-refractivity contribution in [2.45, 2.75) is 6.04 Å². The Bertz CT molecular complexity index is 1080. The maximum Gasteiger partial charge on any atom is 0.124 e. The van der Waals surface area contributed by atoms with E-state index < -0.39 is 0 Å². The Morgan fingerprint density at radius 3 is 2.31 bits per heavy atom. The predicted octanol–water partition coefficient (Wildman–Crippen LogP) is 5.73. The smallest absolute Gasteiger partial charge is 0.124 e. The molecule has 2 N–H and O–H groups in total. The van der Waals surface area contributed by atoms with Crippen LogP contribution in [-0.2, 0) is 0 Å². The Morgan fingerprint density at radius 2 is 1.62 bits per heavy atom. The van der Waals surface area contributed by atoms with Crippen LogP contribution < -0.4 is 14.8 Å². The lowest BCUT2D eigenvalue weighted by molar-refractivity contribution is 0.394. The number of para-hydroxylation sites is 1. The predicted molar refractivity (Wildman–Crippen MR) is 114 cm³/mol. The molecule has 5 heteroatoms.